The third kappa shape index (κ3) is 3.59. The van der Waals surface area contributed by atoms with Gasteiger partial charge in [0.2, 0.25) is 10.0 Å². The third-order valence-electron chi connectivity index (χ3n) is 3.21. The molecule has 0 bridgehead atoms. The predicted molar refractivity (Wildman–Crippen MR) is 72.3 cm³/mol. The van der Waals surface area contributed by atoms with E-state index < -0.39 is 28.0 Å². The zero-order chi connectivity index (χ0) is 15.6. The van der Waals surface area contributed by atoms with E-state index >= 15 is 0 Å². The Balaban J connectivity index is 2.26. The number of carboxylic acid groups (broad SMARTS) is 1. The number of carboxylic acids is 1. The molecule has 2 rings (SSSR count). The first-order chi connectivity index (χ1) is 9.85. The average molecular weight is 313 g/mol. The molecule has 0 amide bonds. The summed E-state index contributed by atoms with van der Waals surface area (Å²) < 4.78 is 31.1. The van der Waals surface area contributed by atoms with E-state index in [1.54, 1.807) is 0 Å². The van der Waals surface area contributed by atoms with Crippen LogP contribution in [0.2, 0.25) is 0 Å². The van der Waals surface area contributed by atoms with Crippen LogP contribution in [0.25, 0.3) is 0 Å². The topological polar surface area (TPSA) is 110 Å². The molecule has 0 saturated heterocycles. The van der Waals surface area contributed by atoms with Crippen LogP contribution in [0.1, 0.15) is 23.2 Å². The fourth-order valence-corrected chi connectivity index (χ4v) is 3.22. The minimum atomic E-state index is -4.01. The highest BCUT2D eigenvalue weighted by Crippen LogP contribution is 2.33. The van der Waals surface area contributed by atoms with E-state index in [2.05, 4.69) is 9.46 Å². The van der Waals surface area contributed by atoms with Gasteiger partial charge in [-0.3, -0.25) is 4.79 Å². The molecule has 1 saturated carbocycles. The Morgan fingerprint density at radius 2 is 2.05 bits per heavy atom. The molecule has 1 aliphatic rings. The molecule has 8 heteroatoms. The van der Waals surface area contributed by atoms with Crippen LogP contribution in [0.4, 0.5) is 0 Å². The molecule has 1 aromatic rings. The highest BCUT2D eigenvalue weighted by molar-refractivity contribution is 7.89. The lowest BCUT2D eigenvalue weighted by atomic mass is 10.2. The van der Waals surface area contributed by atoms with Crippen LogP contribution < -0.4 is 4.72 Å². The largest absolute Gasteiger partial charge is 0.480 e. The van der Waals surface area contributed by atoms with Crippen LogP contribution >= 0.6 is 0 Å². The lowest BCUT2D eigenvalue weighted by Gasteiger charge is -2.14. The number of hydrogen-bond acceptors (Lipinski definition) is 5. The number of carbonyl (C=O) groups excluding carboxylic acids is 1. The molecule has 2 N–H and O–H groups in total. The lowest BCUT2D eigenvalue weighted by Crippen LogP contribution is -2.42. The summed E-state index contributed by atoms with van der Waals surface area (Å²) in [4.78, 5) is 22.4. The van der Waals surface area contributed by atoms with Gasteiger partial charge in [-0.2, -0.15) is 4.72 Å². The molecule has 1 atom stereocenters. The van der Waals surface area contributed by atoms with E-state index in [1.807, 2.05) is 0 Å². The van der Waals surface area contributed by atoms with Crippen molar-refractivity contribution < 1.29 is 27.9 Å². The highest BCUT2D eigenvalue weighted by Gasteiger charge is 2.39. The summed E-state index contributed by atoms with van der Waals surface area (Å²) in [6.45, 7) is 0. The Labute approximate surface area is 122 Å². The monoisotopic (exact) mass is 313 g/mol. The fourth-order valence-electron chi connectivity index (χ4n) is 1.92. The van der Waals surface area contributed by atoms with Gasteiger partial charge in [-0.15, -0.1) is 0 Å². The second kappa shape index (κ2) is 5.82. The summed E-state index contributed by atoms with van der Waals surface area (Å²) in [6, 6.07) is 4.12. The van der Waals surface area contributed by atoms with Crippen molar-refractivity contribution in [2.24, 2.45) is 5.92 Å². The lowest BCUT2D eigenvalue weighted by molar-refractivity contribution is -0.139. The minimum Gasteiger partial charge on any atom is -0.480 e. The second-order valence-corrected chi connectivity index (χ2v) is 6.51. The van der Waals surface area contributed by atoms with Crippen molar-refractivity contribution in [3.8, 4) is 0 Å². The SMILES string of the molecule is COC(=O)c1cccc(S(=O)(=O)NC(C(=O)O)C2CC2)c1. The van der Waals surface area contributed by atoms with Crippen molar-refractivity contribution in [2.45, 2.75) is 23.8 Å². The summed E-state index contributed by atoms with van der Waals surface area (Å²) in [5.74, 6) is -2.05. The van der Waals surface area contributed by atoms with Gasteiger partial charge < -0.3 is 9.84 Å². The normalized spacial score (nSPS) is 16.2. The number of rotatable bonds is 6. The van der Waals surface area contributed by atoms with Crippen LogP contribution in [-0.4, -0.2) is 38.6 Å². The Bertz CT molecular complexity index is 665. The summed E-state index contributed by atoms with van der Waals surface area (Å²) in [6.07, 6.45) is 1.36. The molecule has 0 spiro atoms. The van der Waals surface area contributed by atoms with Gasteiger partial charge in [-0.25, -0.2) is 13.2 Å². The van der Waals surface area contributed by atoms with Gasteiger partial charge in [0.15, 0.2) is 0 Å². The molecular formula is C13H15NO6S. The van der Waals surface area contributed by atoms with Gasteiger partial charge in [-0.1, -0.05) is 6.07 Å². The third-order valence-corrected chi connectivity index (χ3v) is 4.65. The number of nitrogens with one attached hydrogen (secondary N) is 1. The number of benzene rings is 1. The Kier molecular flexibility index (Phi) is 4.29. The summed E-state index contributed by atoms with van der Waals surface area (Å²) in [5, 5.41) is 9.07. The van der Waals surface area contributed by atoms with Crippen LogP contribution in [0.15, 0.2) is 29.2 Å². The number of esters is 1. The van der Waals surface area contributed by atoms with Crippen LogP contribution in [-0.2, 0) is 19.6 Å². The number of carbonyl (C=O) groups is 2. The van der Waals surface area contributed by atoms with E-state index in [1.165, 1.54) is 25.3 Å². The first-order valence-electron chi connectivity index (χ1n) is 6.28. The van der Waals surface area contributed by atoms with Gasteiger partial charge in [0.05, 0.1) is 17.6 Å². The number of ether oxygens (including phenoxy) is 1. The van der Waals surface area contributed by atoms with Crippen molar-refractivity contribution in [3.63, 3.8) is 0 Å². The van der Waals surface area contributed by atoms with E-state index in [0.29, 0.717) is 12.8 Å². The zero-order valence-corrected chi connectivity index (χ0v) is 12.1. The molecule has 1 fully saturated rings. The van der Waals surface area contributed by atoms with Crippen LogP contribution in [0.3, 0.4) is 0 Å². The van der Waals surface area contributed by atoms with E-state index in [4.69, 9.17) is 5.11 Å². The molecular weight excluding hydrogens is 298 g/mol. The first-order valence-corrected chi connectivity index (χ1v) is 7.77. The van der Waals surface area contributed by atoms with Crippen molar-refractivity contribution in [2.75, 3.05) is 7.11 Å². The van der Waals surface area contributed by atoms with Gasteiger partial charge in [0.25, 0.3) is 0 Å². The zero-order valence-electron chi connectivity index (χ0n) is 11.3. The molecule has 0 radical (unpaired) electrons. The van der Waals surface area contributed by atoms with E-state index in [0.717, 1.165) is 6.07 Å². The Morgan fingerprint density at radius 1 is 1.38 bits per heavy atom. The molecule has 0 aliphatic heterocycles. The fraction of sp³-hybridized carbons (Fsp3) is 0.385. The number of aliphatic carboxylic acids is 1. The summed E-state index contributed by atoms with van der Waals surface area (Å²) in [5.41, 5.74) is 0.0821. The quantitative estimate of drug-likeness (QED) is 0.745. The van der Waals surface area contributed by atoms with E-state index in [-0.39, 0.29) is 16.4 Å². The molecule has 1 unspecified atom stereocenters. The maximum atomic E-state index is 12.2. The minimum absolute atomic E-state index is 0.0821. The van der Waals surface area contributed by atoms with E-state index in [9.17, 15) is 18.0 Å². The summed E-state index contributed by atoms with van der Waals surface area (Å²) >= 11 is 0. The maximum Gasteiger partial charge on any atom is 0.337 e. The van der Waals surface area contributed by atoms with Crippen molar-refractivity contribution >= 4 is 22.0 Å². The highest BCUT2D eigenvalue weighted by atomic mass is 32.2. The van der Waals surface area contributed by atoms with Crippen molar-refractivity contribution in [3.05, 3.63) is 29.8 Å². The van der Waals surface area contributed by atoms with Gasteiger partial charge in [0.1, 0.15) is 6.04 Å². The molecule has 7 nitrogen and oxygen atoms in total. The second-order valence-electron chi connectivity index (χ2n) is 4.79. The predicted octanol–water partition coefficient (Wildman–Crippen LogP) is 0.615. The molecule has 0 heterocycles. The van der Waals surface area contributed by atoms with Gasteiger partial charge in [-0.05, 0) is 37.0 Å². The average Bonchev–Trinajstić information content (AvgIpc) is 3.28. The number of methoxy groups -OCH3 is 1. The Morgan fingerprint density at radius 3 is 2.57 bits per heavy atom. The standard InChI is InChI=1S/C13H15NO6S/c1-20-13(17)9-3-2-4-10(7-9)21(18,19)14-11(12(15)16)8-5-6-8/h2-4,7-8,11,14H,5-6H2,1H3,(H,15,16). The molecule has 21 heavy (non-hydrogen) atoms. The van der Waals surface area contributed by atoms with Crippen LogP contribution in [0, 0.1) is 5.92 Å². The first kappa shape index (κ1) is 15.5. The smallest absolute Gasteiger partial charge is 0.337 e. The van der Waals surface area contributed by atoms with Crippen molar-refractivity contribution in [1.29, 1.82) is 0 Å². The molecule has 1 aliphatic carbocycles. The van der Waals surface area contributed by atoms with Gasteiger partial charge >= 0.3 is 11.9 Å². The maximum absolute atomic E-state index is 12.2. The number of sulfonamides is 1. The van der Waals surface area contributed by atoms with Gasteiger partial charge in [0, 0.05) is 0 Å². The number of hydrogen-bond donors (Lipinski definition) is 2. The molecule has 0 aromatic heterocycles. The molecule has 1 aromatic carbocycles. The molecule has 114 valence electrons. The van der Waals surface area contributed by atoms with Crippen LogP contribution in [0.5, 0.6) is 0 Å². The Hall–Kier alpha value is -1.93. The summed E-state index contributed by atoms with van der Waals surface area (Å²) in [7, 11) is -2.82. The van der Waals surface area contributed by atoms with Crippen molar-refractivity contribution in [1.82, 2.24) is 4.72 Å².